The van der Waals surface area contributed by atoms with E-state index in [1.165, 1.54) is 0 Å². The lowest BCUT2D eigenvalue weighted by atomic mass is 10.3. The summed E-state index contributed by atoms with van der Waals surface area (Å²) in [6.45, 7) is 4.01. The summed E-state index contributed by atoms with van der Waals surface area (Å²) in [7, 11) is 0. The Morgan fingerprint density at radius 2 is 2.42 bits per heavy atom. The van der Waals surface area contributed by atoms with Crippen LogP contribution in [0, 0.1) is 0 Å². The quantitative estimate of drug-likeness (QED) is 0.549. The molecule has 12 heavy (non-hydrogen) atoms. The Balaban J connectivity index is 2.66. The van der Waals surface area contributed by atoms with E-state index in [9.17, 15) is 4.79 Å². The minimum Gasteiger partial charge on any atom is -0.468 e. The molecule has 0 aromatic heterocycles. The molecule has 0 atom stereocenters. The van der Waals surface area contributed by atoms with Crippen molar-refractivity contribution in [3.05, 3.63) is 36.1 Å². The van der Waals surface area contributed by atoms with Crippen LogP contribution in [0.3, 0.4) is 0 Å². The number of hydrogen-bond acceptors (Lipinski definition) is 3. The number of hydrogen-bond donors (Lipinski definition) is 0. The van der Waals surface area contributed by atoms with Gasteiger partial charge in [0.25, 0.3) is 0 Å². The van der Waals surface area contributed by atoms with E-state index in [2.05, 4.69) is 6.58 Å². The summed E-state index contributed by atoms with van der Waals surface area (Å²) in [6, 6.07) is 0. The lowest BCUT2D eigenvalue weighted by Gasteiger charge is -2.04. The third kappa shape index (κ3) is 2.72. The Bertz CT molecular complexity index is 238. The summed E-state index contributed by atoms with van der Waals surface area (Å²) >= 11 is 0. The van der Waals surface area contributed by atoms with Gasteiger partial charge in [0.2, 0.25) is 0 Å². The van der Waals surface area contributed by atoms with Crippen molar-refractivity contribution in [1.82, 2.24) is 0 Å². The second-order valence-electron chi connectivity index (χ2n) is 2.30. The first-order valence-corrected chi connectivity index (χ1v) is 3.55. The molecule has 1 aliphatic rings. The summed E-state index contributed by atoms with van der Waals surface area (Å²) in [4.78, 5) is 10.4. The van der Waals surface area contributed by atoms with Crippen LogP contribution in [0.1, 0.15) is 0 Å². The molecule has 0 amide bonds. The highest BCUT2D eigenvalue weighted by Crippen LogP contribution is 2.02. The van der Waals surface area contributed by atoms with Crippen molar-refractivity contribution in [2.24, 2.45) is 0 Å². The van der Waals surface area contributed by atoms with Crippen LogP contribution in [0.25, 0.3) is 0 Å². The van der Waals surface area contributed by atoms with Crippen molar-refractivity contribution in [3.8, 4) is 0 Å². The molecule has 0 bridgehead atoms. The summed E-state index contributed by atoms with van der Waals surface area (Å²) in [6.07, 6.45) is 5.82. The maximum atomic E-state index is 10.4. The lowest BCUT2D eigenvalue weighted by Crippen LogP contribution is -2.02. The van der Waals surface area contributed by atoms with E-state index in [4.69, 9.17) is 9.47 Å². The molecule has 3 heteroatoms. The summed E-state index contributed by atoms with van der Waals surface area (Å²) < 4.78 is 10.0. The van der Waals surface area contributed by atoms with E-state index < -0.39 is 0 Å². The first kappa shape index (κ1) is 8.74. The van der Waals surface area contributed by atoms with Gasteiger partial charge in [0.1, 0.15) is 12.0 Å². The molecule has 0 fully saturated rings. The third-order valence-corrected chi connectivity index (χ3v) is 1.34. The van der Waals surface area contributed by atoms with Gasteiger partial charge in [-0.25, -0.2) is 0 Å². The first-order chi connectivity index (χ1) is 5.83. The summed E-state index contributed by atoms with van der Waals surface area (Å²) in [5.41, 5.74) is 0.588. The molecule has 0 unspecified atom stereocenters. The van der Waals surface area contributed by atoms with E-state index in [0.29, 0.717) is 11.3 Å². The number of aldehydes is 1. The normalized spacial score (nSPS) is 25.3. The Labute approximate surface area is 71.0 Å². The average Bonchev–Trinajstić information content (AvgIpc) is 2.17. The number of carbonyl (C=O) groups excluding carboxylic acids is 1. The highest BCUT2D eigenvalue weighted by atomic mass is 16.7. The molecular weight excluding hydrogens is 156 g/mol. The highest BCUT2D eigenvalue weighted by molar-refractivity contribution is 5.74. The van der Waals surface area contributed by atoms with Crippen molar-refractivity contribution in [2.45, 2.75) is 0 Å². The van der Waals surface area contributed by atoms with E-state index in [1.807, 2.05) is 0 Å². The Hall–Kier alpha value is -1.35. The minimum atomic E-state index is 0.133. The van der Waals surface area contributed by atoms with Gasteiger partial charge in [0.15, 0.2) is 6.79 Å². The van der Waals surface area contributed by atoms with Gasteiger partial charge in [-0.2, -0.15) is 0 Å². The van der Waals surface area contributed by atoms with Crippen LogP contribution in [0.15, 0.2) is 36.1 Å². The lowest BCUT2D eigenvalue weighted by molar-refractivity contribution is -0.105. The molecule has 0 aromatic carbocycles. The Morgan fingerprint density at radius 3 is 3.17 bits per heavy atom. The molecule has 1 heterocycles. The predicted octanol–water partition coefficient (Wildman–Crippen LogP) is 1.19. The molecule has 0 aromatic rings. The molecule has 0 radical (unpaired) electrons. The molecule has 0 spiro atoms. The van der Waals surface area contributed by atoms with E-state index in [0.717, 1.165) is 6.29 Å². The van der Waals surface area contributed by atoms with Crippen molar-refractivity contribution < 1.29 is 14.3 Å². The SMILES string of the molecule is C=C1/C=C\C=C(\C=O)COCO1. The van der Waals surface area contributed by atoms with E-state index >= 15 is 0 Å². The van der Waals surface area contributed by atoms with Crippen LogP contribution in [-0.2, 0) is 14.3 Å². The molecule has 1 rings (SSSR count). The van der Waals surface area contributed by atoms with Gasteiger partial charge < -0.3 is 9.47 Å². The smallest absolute Gasteiger partial charge is 0.189 e. The van der Waals surface area contributed by atoms with Gasteiger partial charge in [0.05, 0.1) is 6.61 Å². The van der Waals surface area contributed by atoms with Crippen LogP contribution in [0.5, 0.6) is 0 Å². The third-order valence-electron chi connectivity index (χ3n) is 1.34. The minimum absolute atomic E-state index is 0.133. The number of allylic oxidation sites excluding steroid dienone is 3. The second kappa shape index (κ2) is 4.51. The highest BCUT2D eigenvalue weighted by Gasteiger charge is 1.97. The fourth-order valence-electron chi connectivity index (χ4n) is 0.725. The monoisotopic (exact) mass is 166 g/mol. The van der Waals surface area contributed by atoms with Gasteiger partial charge in [-0.05, 0) is 6.08 Å². The maximum Gasteiger partial charge on any atom is 0.189 e. The summed E-state index contributed by atoms with van der Waals surface area (Å²) in [5.74, 6) is 0.526. The van der Waals surface area contributed by atoms with E-state index in [-0.39, 0.29) is 13.4 Å². The molecular formula is C9H10O3. The van der Waals surface area contributed by atoms with E-state index in [1.54, 1.807) is 18.2 Å². The van der Waals surface area contributed by atoms with Crippen molar-refractivity contribution >= 4 is 6.29 Å². The van der Waals surface area contributed by atoms with Crippen LogP contribution in [0.2, 0.25) is 0 Å². The maximum absolute atomic E-state index is 10.4. The van der Waals surface area contributed by atoms with Crippen molar-refractivity contribution in [3.63, 3.8) is 0 Å². The van der Waals surface area contributed by atoms with Crippen LogP contribution < -0.4 is 0 Å². The fraction of sp³-hybridized carbons (Fsp3) is 0.222. The fourth-order valence-corrected chi connectivity index (χ4v) is 0.725. The van der Waals surface area contributed by atoms with Crippen LogP contribution in [-0.4, -0.2) is 19.7 Å². The zero-order valence-corrected chi connectivity index (χ0v) is 6.66. The van der Waals surface area contributed by atoms with Crippen molar-refractivity contribution in [2.75, 3.05) is 13.4 Å². The van der Waals surface area contributed by atoms with Gasteiger partial charge >= 0.3 is 0 Å². The van der Waals surface area contributed by atoms with Gasteiger partial charge in [-0.15, -0.1) is 0 Å². The van der Waals surface area contributed by atoms with Gasteiger partial charge in [-0.1, -0.05) is 18.7 Å². The molecule has 64 valence electrons. The topological polar surface area (TPSA) is 35.5 Å². The van der Waals surface area contributed by atoms with Crippen molar-refractivity contribution in [1.29, 1.82) is 0 Å². The predicted molar refractivity (Wildman–Crippen MR) is 44.3 cm³/mol. The van der Waals surface area contributed by atoms with Crippen LogP contribution >= 0.6 is 0 Å². The number of rotatable bonds is 1. The van der Waals surface area contributed by atoms with Gasteiger partial charge in [-0.3, -0.25) is 4.79 Å². The zero-order valence-electron chi connectivity index (χ0n) is 6.66. The largest absolute Gasteiger partial charge is 0.468 e. The average molecular weight is 166 g/mol. The molecule has 1 aliphatic heterocycles. The molecule has 0 N–H and O–H groups in total. The standard InChI is InChI=1S/C9H10O3/c1-8-3-2-4-9(5-10)6-11-7-12-8/h2-5H,1,6-7H2/b3-2-,9-4-. The Kier molecular flexibility index (Phi) is 3.29. The second-order valence-corrected chi connectivity index (χ2v) is 2.30. The van der Waals surface area contributed by atoms with Gasteiger partial charge in [0, 0.05) is 5.57 Å². The Morgan fingerprint density at radius 1 is 1.58 bits per heavy atom. The molecule has 3 nitrogen and oxygen atoms in total. The zero-order chi connectivity index (χ0) is 8.81. The van der Waals surface area contributed by atoms with Crippen LogP contribution in [0.4, 0.5) is 0 Å². The number of ether oxygens (including phenoxy) is 2. The first-order valence-electron chi connectivity index (χ1n) is 3.55. The summed E-state index contributed by atoms with van der Waals surface area (Å²) in [5, 5.41) is 0. The molecule has 0 aliphatic carbocycles. The number of carbonyl (C=O) groups is 1. The molecule has 0 saturated carbocycles. The molecule has 0 saturated heterocycles.